The third-order valence-electron chi connectivity index (χ3n) is 3.84. The number of hydrogen-bond donors (Lipinski definition) is 1. The second kappa shape index (κ2) is 4.88. The molecule has 1 aromatic heterocycles. The van der Waals surface area contributed by atoms with Crippen LogP contribution in [0.1, 0.15) is 29.9 Å². The van der Waals surface area contributed by atoms with E-state index in [9.17, 15) is 9.59 Å². The SMILES string of the molecule is O=c1cc[nH]c(=O)n1CC1CCCc2ccccc21. The number of nitrogens with zero attached hydrogens (tertiary/aromatic N) is 1. The third kappa shape index (κ3) is 2.26. The second-order valence-corrected chi connectivity index (χ2v) is 5.02. The molecule has 0 aliphatic heterocycles. The van der Waals surface area contributed by atoms with Gasteiger partial charge in [0.25, 0.3) is 5.56 Å². The molecule has 2 aromatic rings. The fourth-order valence-corrected chi connectivity index (χ4v) is 2.89. The molecular formula is C15H16N2O2. The van der Waals surface area contributed by atoms with Gasteiger partial charge in [-0.1, -0.05) is 24.3 Å². The topological polar surface area (TPSA) is 54.9 Å². The molecule has 1 N–H and O–H groups in total. The summed E-state index contributed by atoms with van der Waals surface area (Å²) in [4.78, 5) is 26.1. The fourth-order valence-electron chi connectivity index (χ4n) is 2.89. The number of rotatable bonds is 2. The summed E-state index contributed by atoms with van der Waals surface area (Å²) in [6.45, 7) is 0.464. The van der Waals surface area contributed by atoms with Gasteiger partial charge < -0.3 is 4.98 Å². The largest absolute Gasteiger partial charge is 0.328 e. The summed E-state index contributed by atoms with van der Waals surface area (Å²) in [5.74, 6) is 0.256. The Kier molecular flexibility index (Phi) is 3.07. The van der Waals surface area contributed by atoms with Crippen LogP contribution in [0.4, 0.5) is 0 Å². The van der Waals surface area contributed by atoms with Gasteiger partial charge in [0.2, 0.25) is 0 Å². The smallest absolute Gasteiger partial charge is 0.314 e. The van der Waals surface area contributed by atoms with Crippen LogP contribution in [0.2, 0.25) is 0 Å². The molecule has 4 heteroatoms. The molecule has 19 heavy (non-hydrogen) atoms. The van der Waals surface area contributed by atoms with E-state index in [2.05, 4.69) is 17.1 Å². The van der Waals surface area contributed by atoms with Crippen LogP contribution < -0.4 is 11.2 Å². The molecule has 0 radical (unpaired) electrons. The van der Waals surface area contributed by atoms with Gasteiger partial charge in [0.1, 0.15) is 0 Å². The molecule has 1 unspecified atom stereocenters. The lowest BCUT2D eigenvalue weighted by molar-refractivity contribution is 0.464. The van der Waals surface area contributed by atoms with Crippen molar-refractivity contribution in [1.82, 2.24) is 9.55 Å². The number of aromatic nitrogens is 2. The van der Waals surface area contributed by atoms with Crippen molar-refractivity contribution in [3.63, 3.8) is 0 Å². The van der Waals surface area contributed by atoms with Crippen molar-refractivity contribution in [1.29, 1.82) is 0 Å². The first kappa shape index (κ1) is 12.0. The summed E-state index contributed by atoms with van der Waals surface area (Å²) in [5, 5.41) is 0. The van der Waals surface area contributed by atoms with Crippen molar-refractivity contribution >= 4 is 0 Å². The average Bonchev–Trinajstić information content (AvgIpc) is 2.43. The number of benzene rings is 1. The first-order chi connectivity index (χ1) is 9.25. The van der Waals surface area contributed by atoms with Crippen molar-refractivity contribution < 1.29 is 0 Å². The average molecular weight is 256 g/mol. The maximum absolute atomic E-state index is 11.8. The van der Waals surface area contributed by atoms with Crippen LogP contribution in [0.3, 0.4) is 0 Å². The zero-order valence-corrected chi connectivity index (χ0v) is 10.6. The Morgan fingerprint density at radius 1 is 1.21 bits per heavy atom. The third-order valence-corrected chi connectivity index (χ3v) is 3.84. The van der Waals surface area contributed by atoms with Crippen molar-refractivity contribution in [2.45, 2.75) is 31.7 Å². The minimum absolute atomic E-state index is 0.230. The molecule has 0 saturated carbocycles. The van der Waals surface area contributed by atoms with E-state index in [4.69, 9.17) is 0 Å². The lowest BCUT2D eigenvalue weighted by Crippen LogP contribution is -2.36. The Labute approximate surface area is 110 Å². The van der Waals surface area contributed by atoms with Gasteiger partial charge in [0.05, 0.1) is 0 Å². The maximum Gasteiger partial charge on any atom is 0.328 e. The Bertz CT molecular complexity index is 671. The molecule has 4 nitrogen and oxygen atoms in total. The van der Waals surface area contributed by atoms with Crippen LogP contribution in [0, 0.1) is 0 Å². The summed E-state index contributed by atoms with van der Waals surface area (Å²) < 4.78 is 1.30. The standard InChI is InChI=1S/C15H16N2O2/c18-14-8-9-16-15(19)17(14)10-12-6-3-5-11-4-1-2-7-13(11)12/h1-2,4,7-9,12H,3,5-6,10H2,(H,16,19). The van der Waals surface area contributed by atoms with Gasteiger partial charge >= 0.3 is 5.69 Å². The van der Waals surface area contributed by atoms with Crippen LogP contribution in [-0.4, -0.2) is 9.55 Å². The highest BCUT2D eigenvalue weighted by Gasteiger charge is 2.21. The molecule has 1 atom stereocenters. The van der Waals surface area contributed by atoms with E-state index in [1.165, 1.54) is 28.0 Å². The van der Waals surface area contributed by atoms with E-state index in [-0.39, 0.29) is 17.2 Å². The van der Waals surface area contributed by atoms with E-state index in [0.29, 0.717) is 6.54 Å². The first-order valence-corrected chi connectivity index (χ1v) is 6.62. The first-order valence-electron chi connectivity index (χ1n) is 6.62. The fraction of sp³-hybridized carbons (Fsp3) is 0.333. The molecule has 1 aliphatic rings. The van der Waals surface area contributed by atoms with Crippen molar-refractivity contribution in [2.24, 2.45) is 0 Å². The van der Waals surface area contributed by atoms with E-state index in [0.717, 1.165) is 19.3 Å². The van der Waals surface area contributed by atoms with E-state index < -0.39 is 0 Å². The van der Waals surface area contributed by atoms with Gasteiger partial charge in [-0.2, -0.15) is 0 Å². The highest BCUT2D eigenvalue weighted by atomic mass is 16.2. The van der Waals surface area contributed by atoms with Gasteiger partial charge in [0, 0.05) is 24.7 Å². The Morgan fingerprint density at radius 2 is 2.05 bits per heavy atom. The van der Waals surface area contributed by atoms with Crippen LogP contribution >= 0.6 is 0 Å². The lowest BCUT2D eigenvalue weighted by atomic mass is 9.83. The van der Waals surface area contributed by atoms with Gasteiger partial charge in [-0.3, -0.25) is 9.36 Å². The molecule has 0 saturated heterocycles. The second-order valence-electron chi connectivity index (χ2n) is 5.02. The molecule has 98 valence electrons. The predicted molar refractivity (Wildman–Crippen MR) is 73.4 cm³/mol. The monoisotopic (exact) mass is 256 g/mol. The summed E-state index contributed by atoms with van der Waals surface area (Å²) in [6.07, 6.45) is 4.63. The van der Waals surface area contributed by atoms with E-state index in [1.807, 2.05) is 12.1 Å². The zero-order valence-electron chi connectivity index (χ0n) is 10.6. The van der Waals surface area contributed by atoms with Gasteiger partial charge in [-0.25, -0.2) is 4.79 Å². The molecule has 1 aliphatic carbocycles. The number of nitrogens with one attached hydrogen (secondary N) is 1. The number of fused-ring (bicyclic) bond motifs is 1. The van der Waals surface area contributed by atoms with Gasteiger partial charge in [0.15, 0.2) is 0 Å². The highest BCUT2D eigenvalue weighted by molar-refractivity contribution is 5.32. The van der Waals surface area contributed by atoms with Crippen molar-refractivity contribution in [3.8, 4) is 0 Å². The van der Waals surface area contributed by atoms with Gasteiger partial charge in [-0.05, 0) is 30.4 Å². The Hall–Kier alpha value is -2.10. The molecule has 0 bridgehead atoms. The summed E-state index contributed by atoms with van der Waals surface area (Å²) >= 11 is 0. The molecule has 0 spiro atoms. The normalized spacial score (nSPS) is 18.0. The van der Waals surface area contributed by atoms with E-state index >= 15 is 0 Å². The quantitative estimate of drug-likeness (QED) is 0.888. The lowest BCUT2D eigenvalue weighted by Gasteiger charge is -2.25. The number of aromatic amines is 1. The van der Waals surface area contributed by atoms with Gasteiger partial charge in [-0.15, -0.1) is 0 Å². The molecule has 0 fully saturated rings. The summed E-state index contributed by atoms with van der Waals surface area (Å²) in [7, 11) is 0. The minimum Gasteiger partial charge on any atom is -0.314 e. The van der Waals surface area contributed by atoms with Crippen LogP contribution in [0.25, 0.3) is 0 Å². The molecule has 0 amide bonds. The molecular weight excluding hydrogens is 240 g/mol. The molecule has 1 heterocycles. The Balaban J connectivity index is 1.98. The summed E-state index contributed by atoms with van der Waals surface area (Å²) in [6, 6.07) is 9.72. The summed E-state index contributed by atoms with van der Waals surface area (Å²) in [5.41, 5.74) is 2.07. The number of H-pyrrole nitrogens is 1. The van der Waals surface area contributed by atoms with Crippen molar-refractivity contribution in [3.05, 3.63) is 68.5 Å². The number of hydrogen-bond acceptors (Lipinski definition) is 2. The zero-order chi connectivity index (χ0) is 13.2. The van der Waals surface area contributed by atoms with Crippen LogP contribution in [-0.2, 0) is 13.0 Å². The van der Waals surface area contributed by atoms with E-state index in [1.54, 1.807) is 0 Å². The number of aryl methyl sites for hydroxylation is 1. The molecule has 1 aromatic carbocycles. The van der Waals surface area contributed by atoms with Crippen molar-refractivity contribution in [2.75, 3.05) is 0 Å². The minimum atomic E-state index is -0.324. The van der Waals surface area contributed by atoms with Crippen LogP contribution in [0.15, 0.2) is 46.1 Å². The highest BCUT2D eigenvalue weighted by Crippen LogP contribution is 2.31. The Morgan fingerprint density at radius 3 is 2.89 bits per heavy atom. The van der Waals surface area contributed by atoms with Crippen LogP contribution in [0.5, 0.6) is 0 Å². The predicted octanol–water partition coefficient (Wildman–Crippen LogP) is 1.66. The maximum atomic E-state index is 11.8. The molecule has 3 rings (SSSR count).